The zero-order chi connectivity index (χ0) is 18.1. The second kappa shape index (κ2) is 7.06. The summed E-state index contributed by atoms with van der Waals surface area (Å²) in [5.74, 6) is 0.511. The summed E-state index contributed by atoms with van der Waals surface area (Å²) in [6.45, 7) is 7.30. The van der Waals surface area contributed by atoms with Crippen molar-refractivity contribution < 1.29 is 9.59 Å². The Hall–Kier alpha value is -2.04. The molecule has 25 heavy (non-hydrogen) atoms. The second-order valence-electron chi connectivity index (χ2n) is 7.66. The number of nitrogens with one attached hydrogen (secondary N) is 1. The number of carbonyl (C=O) groups is 2. The van der Waals surface area contributed by atoms with Gasteiger partial charge in [-0.25, -0.2) is 4.79 Å². The average molecular weight is 343 g/mol. The molecule has 5 nitrogen and oxygen atoms in total. The Labute approximate surface area is 150 Å². The molecule has 0 bridgehead atoms. The van der Waals surface area contributed by atoms with E-state index in [1.165, 1.54) is 16.7 Å². The third-order valence-corrected chi connectivity index (χ3v) is 5.82. The third-order valence-electron chi connectivity index (χ3n) is 5.82. The first-order valence-electron chi connectivity index (χ1n) is 9.25. The van der Waals surface area contributed by atoms with Crippen molar-refractivity contribution in [1.29, 1.82) is 0 Å². The summed E-state index contributed by atoms with van der Waals surface area (Å²) < 4.78 is 0. The molecule has 0 unspecified atom stereocenters. The van der Waals surface area contributed by atoms with E-state index < -0.39 is 0 Å². The van der Waals surface area contributed by atoms with Gasteiger partial charge in [-0.1, -0.05) is 30.7 Å². The second-order valence-corrected chi connectivity index (χ2v) is 7.66. The summed E-state index contributed by atoms with van der Waals surface area (Å²) in [4.78, 5) is 27.9. The molecule has 0 aromatic heterocycles. The van der Waals surface area contributed by atoms with E-state index in [1.54, 1.807) is 11.8 Å². The lowest BCUT2D eigenvalue weighted by molar-refractivity contribution is -0.130. The minimum absolute atomic E-state index is 0.0233. The number of carbonyl (C=O) groups excluding carboxylic acids is 2. The Balaban J connectivity index is 1.61. The number of urea groups is 1. The van der Waals surface area contributed by atoms with Crippen LogP contribution in [0.4, 0.5) is 4.79 Å². The highest BCUT2D eigenvalue weighted by atomic mass is 16.2. The maximum absolute atomic E-state index is 12.7. The number of hydrogen-bond acceptors (Lipinski definition) is 2. The van der Waals surface area contributed by atoms with Gasteiger partial charge in [0.15, 0.2) is 0 Å². The predicted molar refractivity (Wildman–Crippen MR) is 98.4 cm³/mol. The first kappa shape index (κ1) is 17.8. The fraction of sp³-hybridized carbons (Fsp3) is 0.600. The van der Waals surface area contributed by atoms with Crippen LogP contribution in [-0.4, -0.2) is 47.9 Å². The van der Waals surface area contributed by atoms with Crippen molar-refractivity contribution in [3.05, 3.63) is 34.9 Å². The number of piperidine rings is 1. The molecule has 0 radical (unpaired) electrons. The number of amides is 3. The smallest absolute Gasteiger partial charge is 0.317 e. The summed E-state index contributed by atoms with van der Waals surface area (Å²) >= 11 is 0. The van der Waals surface area contributed by atoms with Crippen LogP contribution < -0.4 is 5.32 Å². The molecule has 1 saturated heterocycles. The monoisotopic (exact) mass is 343 g/mol. The van der Waals surface area contributed by atoms with Crippen LogP contribution in [0.1, 0.15) is 49.4 Å². The standard InChI is InChI=1S/C20H29N3O2/c1-13-5-6-16-12-14(2)19(18(16)11-13)21-20(25)23-9-7-17(8-10-23)22(4)15(3)24/h5-6,11,14,17,19H,7-10,12H2,1-4H3,(H,21,25)/t14-,19+/m1/s1. The lowest BCUT2D eigenvalue weighted by atomic mass is 10.0. The molecule has 1 fully saturated rings. The zero-order valence-corrected chi connectivity index (χ0v) is 15.7. The minimum atomic E-state index is 0.0233. The van der Waals surface area contributed by atoms with Crippen molar-refractivity contribution in [2.24, 2.45) is 5.92 Å². The number of rotatable bonds is 2. The Morgan fingerprint density at radius 2 is 1.92 bits per heavy atom. The molecule has 1 aromatic rings. The molecule has 136 valence electrons. The van der Waals surface area contributed by atoms with E-state index in [0.29, 0.717) is 19.0 Å². The van der Waals surface area contributed by atoms with E-state index in [9.17, 15) is 9.59 Å². The quantitative estimate of drug-likeness (QED) is 0.898. The number of fused-ring (bicyclic) bond motifs is 1. The predicted octanol–water partition coefficient (Wildman–Crippen LogP) is 2.88. The van der Waals surface area contributed by atoms with Crippen LogP contribution in [0.5, 0.6) is 0 Å². The lowest BCUT2D eigenvalue weighted by Gasteiger charge is -2.37. The average Bonchev–Trinajstić information content (AvgIpc) is 2.89. The highest BCUT2D eigenvalue weighted by Gasteiger charge is 2.33. The highest BCUT2D eigenvalue weighted by Crippen LogP contribution is 2.36. The maximum atomic E-state index is 12.7. The van der Waals surface area contributed by atoms with Crippen molar-refractivity contribution in [3.63, 3.8) is 0 Å². The van der Waals surface area contributed by atoms with E-state index in [4.69, 9.17) is 0 Å². The molecule has 1 aliphatic carbocycles. The number of nitrogens with zero attached hydrogens (tertiary/aromatic N) is 2. The molecule has 0 spiro atoms. The van der Waals surface area contributed by atoms with Gasteiger partial charge in [0.1, 0.15) is 0 Å². The van der Waals surface area contributed by atoms with Crippen LogP contribution in [-0.2, 0) is 11.2 Å². The SMILES string of the molecule is CC(=O)N(C)C1CCN(C(=O)N[C@@H]2c3cc(C)ccc3C[C@H]2C)CC1. The summed E-state index contributed by atoms with van der Waals surface area (Å²) in [6, 6.07) is 6.91. The maximum Gasteiger partial charge on any atom is 0.317 e. The number of hydrogen-bond donors (Lipinski definition) is 1. The topological polar surface area (TPSA) is 52.7 Å². The molecule has 0 saturated carbocycles. The van der Waals surface area contributed by atoms with Gasteiger partial charge >= 0.3 is 6.03 Å². The van der Waals surface area contributed by atoms with Crippen molar-refractivity contribution in [1.82, 2.24) is 15.1 Å². The fourth-order valence-electron chi connectivity index (χ4n) is 4.12. The zero-order valence-electron chi connectivity index (χ0n) is 15.7. The first-order chi connectivity index (χ1) is 11.9. The molecule has 2 atom stereocenters. The Morgan fingerprint density at radius 3 is 2.56 bits per heavy atom. The van der Waals surface area contributed by atoms with Gasteiger partial charge in [-0.05, 0) is 43.2 Å². The fourth-order valence-corrected chi connectivity index (χ4v) is 4.12. The van der Waals surface area contributed by atoms with Crippen LogP contribution in [0.25, 0.3) is 0 Å². The molecular weight excluding hydrogens is 314 g/mol. The van der Waals surface area contributed by atoms with Gasteiger partial charge in [-0.2, -0.15) is 0 Å². The Morgan fingerprint density at radius 1 is 1.24 bits per heavy atom. The first-order valence-corrected chi connectivity index (χ1v) is 9.25. The van der Waals surface area contributed by atoms with Crippen LogP contribution in [0.3, 0.4) is 0 Å². The van der Waals surface area contributed by atoms with E-state index in [2.05, 4.69) is 37.4 Å². The Kier molecular flexibility index (Phi) is 5.02. The van der Waals surface area contributed by atoms with Gasteiger partial charge < -0.3 is 15.1 Å². The normalized spacial score (nSPS) is 23.3. The molecule has 3 amide bonds. The van der Waals surface area contributed by atoms with Gasteiger partial charge in [-0.15, -0.1) is 0 Å². The lowest BCUT2D eigenvalue weighted by Crippen LogP contribution is -2.50. The van der Waals surface area contributed by atoms with E-state index in [1.807, 2.05) is 11.9 Å². The van der Waals surface area contributed by atoms with E-state index in [-0.39, 0.29) is 24.0 Å². The molecular formula is C20H29N3O2. The van der Waals surface area contributed by atoms with E-state index >= 15 is 0 Å². The Bertz CT molecular complexity index is 665. The molecule has 5 heteroatoms. The van der Waals surface area contributed by atoms with Gasteiger partial charge in [0.05, 0.1) is 6.04 Å². The summed E-state index contributed by atoms with van der Waals surface area (Å²) in [6.07, 6.45) is 2.71. The van der Waals surface area contributed by atoms with E-state index in [0.717, 1.165) is 19.3 Å². The largest absolute Gasteiger partial charge is 0.343 e. The van der Waals surface area contributed by atoms with Crippen molar-refractivity contribution in [2.45, 2.75) is 52.1 Å². The van der Waals surface area contributed by atoms with Crippen molar-refractivity contribution in [3.8, 4) is 0 Å². The van der Waals surface area contributed by atoms with Crippen LogP contribution in [0.2, 0.25) is 0 Å². The van der Waals surface area contributed by atoms with Gasteiger partial charge in [0.2, 0.25) is 5.91 Å². The van der Waals surface area contributed by atoms with Crippen LogP contribution in [0.15, 0.2) is 18.2 Å². The minimum Gasteiger partial charge on any atom is -0.343 e. The number of likely N-dealkylation sites (tertiary alicyclic amines) is 1. The van der Waals surface area contributed by atoms with Crippen molar-refractivity contribution >= 4 is 11.9 Å². The van der Waals surface area contributed by atoms with Crippen LogP contribution in [0, 0.1) is 12.8 Å². The molecule has 1 aliphatic heterocycles. The molecule has 2 aliphatic rings. The number of benzene rings is 1. The highest BCUT2D eigenvalue weighted by molar-refractivity contribution is 5.75. The van der Waals surface area contributed by atoms with Gasteiger partial charge in [0.25, 0.3) is 0 Å². The van der Waals surface area contributed by atoms with Crippen LogP contribution >= 0.6 is 0 Å². The third kappa shape index (κ3) is 3.65. The number of aryl methyl sites for hydroxylation is 1. The molecule has 1 aromatic carbocycles. The van der Waals surface area contributed by atoms with Crippen molar-refractivity contribution in [2.75, 3.05) is 20.1 Å². The molecule has 1 N–H and O–H groups in total. The molecule has 1 heterocycles. The summed E-state index contributed by atoms with van der Waals surface area (Å²) in [7, 11) is 1.85. The summed E-state index contributed by atoms with van der Waals surface area (Å²) in [5.41, 5.74) is 3.86. The van der Waals surface area contributed by atoms with Gasteiger partial charge in [0, 0.05) is 33.1 Å². The van der Waals surface area contributed by atoms with Gasteiger partial charge in [-0.3, -0.25) is 4.79 Å². The molecule has 3 rings (SSSR count). The summed E-state index contributed by atoms with van der Waals surface area (Å²) in [5, 5.41) is 3.26.